The second-order valence-electron chi connectivity index (χ2n) is 6.49. The number of aliphatic hydroxyl groups is 1. The summed E-state index contributed by atoms with van der Waals surface area (Å²) in [6.07, 6.45) is -0.0390. The lowest BCUT2D eigenvalue weighted by molar-refractivity contribution is -0.143. The lowest BCUT2D eigenvalue weighted by Gasteiger charge is -2.25. The summed E-state index contributed by atoms with van der Waals surface area (Å²) in [4.78, 5) is 39.9. The highest BCUT2D eigenvalue weighted by Gasteiger charge is 2.30. The van der Waals surface area contributed by atoms with E-state index in [2.05, 4.69) is 15.6 Å². The molecule has 27 heavy (non-hydrogen) atoms. The third-order valence-corrected chi connectivity index (χ3v) is 4.18. The fraction of sp³-hybridized carbons (Fsp3) is 0.750. The van der Waals surface area contributed by atoms with Gasteiger partial charge in [-0.3, -0.25) is 14.6 Å². The molecule has 0 bridgehead atoms. The average molecular weight is 388 g/mol. The van der Waals surface area contributed by atoms with Crippen molar-refractivity contribution in [1.82, 2.24) is 10.6 Å². The second kappa shape index (κ2) is 12.1. The maximum absolute atomic E-state index is 12.6. The zero-order valence-corrected chi connectivity index (χ0v) is 16.0. The quantitative estimate of drug-likeness (QED) is 0.111. The lowest BCUT2D eigenvalue weighted by atomic mass is 9.98. The number of rotatable bonds is 12. The highest BCUT2D eigenvalue weighted by atomic mass is 16.4. The molecule has 0 saturated heterocycles. The second-order valence-corrected chi connectivity index (χ2v) is 6.49. The Kier molecular flexibility index (Phi) is 11.0. The number of aliphatic imine (C=N–C) groups is 1. The molecule has 0 aliphatic rings. The predicted octanol–water partition coefficient (Wildman–Crippen LogP) is -2.15. The molecule has 11 heteroatoms. The summed E-state index contributed by atoms with van der Waals surface area (Å²) in [6.45, 7) is 5.09. The number of aliphatic carboxylic acids is 1. The van der Waals surface area contributed by atoms with E-state index in [0.29, 0.717) is 12.8 Å². The van der Waals surface area contributed by atoms with Gasteiger partial charge in [-0.2, -0.15) is 0 Å². The van der Waals surface area contributed by atoms with Gasteiger partial charge in [0.15, 0.2) is 5.96 Å². The van der Waals surface area contributed by atoms with Gasteiger partial charge in [0.05, 0.1) is 6.10 Å². The zero-order valence-electron chi connectivity index (χ0n) is 16.0. The van der Waals surface area contributed by atoms with Crippen LogP contribution in [0.15, 0.2) is 4.99 Å². The predicted molar refractivity (Wildman–Crippen MR) is 101 cm³/mol. The first-order chi connectivity index (χ1) is 12.5. The molecule has 156 valence electrons. The lowest BCUT2D eigenvalue weighted by Crippen LogP contribution is -2.57. The molecule has 0 aromatic carbocycles. The number of nitrogens with two attached hydrogens (primary N) is 3. The normalized spacial score (nSPS) is 16.3. The highest BCUT2D eigenvalue weighted by Crippen LogP contribution is 2.09. The zero-order chi connectivity index (χ0) is 21.1. The number of carboxylic acid groups (broad SMARTS) is 1. The van der Waals surface area contributed by atoms with Gasteiger partial charge >= 0.3 is 5.97 Å². The summed E-state index contributed by atoms with van der Waals surface area (Å²) in [5, 5.41) is 23.7. The summed E-state index contributed by atoms with van der Waals surface area (Å²) in [7, 11) is 0. The smallest absolute Gasteiger partial charge is 0.326 e. The molecule has 0 aromatic rings. The standard InChI is InChI=1S/C16H32N6O5/c1-4-8(2)12(15(26)27)22-13(24)10(6-5-7-20-16(18)19)21-14(25)11(17)9(3)23/h8-12,23H,4-7,17H2,1-3H3,(H,21,25)(H,22,24)(H,26,27)(H4,18,19,20). The van der Waals surface area contributed by atoms with E-state index in [0.717, 1.165) is 0 Å². The first-order valence-corrected chi connectivity index (χ1v) is 8.83. The van der Waals surface area contributed by atoms with Crippen molar-refractivity contribution >= 4 is 23.7 Å². The molecule has 0 aliphatic carbocycles. The molecule has 0 aliphatic heterocycles. The van der Waals surface area contributed by atoms with Gasteiger partial charge in [0.25, 0.3) is 0 Å². The van der Waals surface area contributed by atoms with E-state index in [4.69, 9.17) is 17.2 Å². The van der Waals surface area contributed by atoms with Crippen LogP contribution in [0.4, 0.5) is 0 Å². The first kappa shape index (κ1) is 24.6. The van der Waals surface area contributed by atoms with Gasteiger partial charge in [-0.05, 0) is 25.7 Å². The number of carboxylic acids is 1. The number of nitrogens with zero attached hydrogens (tertiary/aromatic N) is 1. The van der Waals surface area contributed by atoms with E-state index in [9.17, 15) is 24.6 Å². The van der Waals surface area contributed by atoms with Gasteiger partial charge < -0.3 is 38.0 Å². The summed E-state index contributed by atoms with van der Waals surface area (Å²) in [6, 6.07) is -3.35. The molecular weight excluding hydrogens is 356 g/mol. The van der Waals surface area contributed by atoms with Gasteiger partial charge in [0.2, 0.25) is 11.8 Å². The third-order valence-electron chi connectivity index (χ3n) is 4.18. The molecule has 0 rings (SSSR count). The van der Waals surface area contributed by atoms with Crippen LogP contribution in [-0.2, 0) is 14.4 Å². The molecule has 2 amide bonds. The Hall–Kier alpha value is -2.40. The van der Waals surface area contributed by atoms with Crippen molar-refractivity contribution < 1.29 is 24.6 Å². The molecule has 0 aromatic heterocycles. The molecule has 0 spiro atoms. The maximum Gasteiger partial charge on any atom is 0.326 e. The molecule has 0 radical (unpaired) electrons. The van der Waals surface area contributed by atoms with Gasteiger partial charge in [-0.15, -0.1) is 0 Å². The Bertz CT molecular complexity index is 535. The molecule has 0 heterocycles. The number of aliphatic hydroxyl groups excluding tert-OH is 1. The minimum absolute atomic E-state index is 0.0983. The minimum Gasteiger partial charge on any atom is -0.480 e. The molecule has 0 fully saturated rings. The molecule has 11 nitrogen and oxygen atoms in total. The first-order valence-electron chi connectivity index (χ1n) is 8.83. The maximum atomic E-state index is 12.6. The Morgan fingerprint density at radius 3 is 2.15 bits per heavy atom. The van der Waals surface area contributed by atoms with Gasteiger partial charge in [0.1, 0.15) is 18.1 Å². The fourth-order valence-electron chi connectivity index (χ4n) is 2.20. The van der Waals surface area contributed by atoms with Crippen molar-refractivity contribution in [3.05, 3.63) is 0 Å². The topological polar surface area (TPSA) is 206 Å². The van der Waals surface area contributed by atoms with Crippen molar-refractivity contribution in [2.75, 3.05) is 6.54 Å². The third kappa shape index (κ3) is 9.20. The number of hydrogen-bond donors (Lipinski definition) is 7. The van der Waals surface area contributed by atoms with E-state index in [1.54, 1.807) is 6.92 Å². The Labute approximate surface area is 158 Å². The van der Waals surface area contributed by atoms with E-state index in [1.807, 2.05) is 6.92 Å². The van der Waals surface area contributed by atoms with Crippen LogP contribution in [0.5, 0.6) is 0 Å². The van der Waals surface area contributed by atoms with Crippen molar-refractivity contribution in [3.8, 4) is 0 Å². The number of carbonyl (C=O) groups is 3. The number of guanidine groups is 1. The Morgan fingerprint density at radius 2 is 1.70 bits per heavy atom. The van der Waals surface area contributed by atoms with Crippen molar-refractivity contribution in [1.29, 1.82) is 0 Å². The molecule has 5 atom stereocenters. The number of amides is 2. The fourth-order valence-corrected chi connectivity index (χ4v) is 2.20. The molecule has 10 N–H and O–H groups in total. The van der Waals surface area contributed by atoms with E-state index in [-0.39, 0.29) is 24.8 Å². The van der Waals surface area contributed by atoms with Crippen LogP contribution in [0.1, 0.15) is 40.0 Å². The Balaban J connectivity index is 5.18. The monoisotopic (exact) mass is 388 g/mol. The van der Waals surface area contributed by atoms with Gasteiger partial charge in [0, 0.05) is 6.54 Å². The van der Waals surface area contributed by atoms with Crippen LogP contribution < -0.4 is 27.8 Å². The number of hydrogen-bond acceptors (Lipinski definition) is 6. The van der Waals surface area contributed by atoms with Crippen LogP contribution in [0.2, 0.25) is 0 Å². The molecule has 5 unspecified atom stereocenters. The van der Waals surface area contributed by atoms with E-state index < -0.39 is 42.0 Å². The highest BCUT2D eigenvalue weighted by molar-refractivity contribution is 5.92. The van der Waals surface area contributed by atoms with Gasteiger partial charge in [-0.1, -0.05) is 20.3 Å². The number of carbonyl (C=O) groups excluding carboxylic acids is 2. The number of nitrogens with one attached hydrogen (secondary N) is 2. The van der Waals surface area contributed by atoms with Crippen LogP contribution in [0, 0.1) is 5.92 Å². The van der Waals surface area contributed by atoms with Crippen LogP contribution in [-0.4, -0.2) is 64.7 Å². The molecular formula is C16H32N6O5. The van der Waals surface area contributed by atoms with Gasteiger partial charge in [-0.25, -0.2) is 4.79 Å². The van der Waals surface area contributed by atoms with E-state index >= 15 is 0 Å². The van der Waals surface area contributed by atoms with Crippen LogP contribution in [0.3, 0.4) is 0 Å². The van der Waals surface area contributed by atoms with Crippen molar-refractivity contribution in [3.63, 3.8) is 0 Å². The van der Waals surface area contributed by atoms with E-state index in [1.165, 1.54) is 6.92 Å². The van der Waals surface area contributed by atoms with Crippen molar-refractivity contribution in [2.45, 2.75) is 64.3 Å². The van der Waals surface area contributed by atoms with Crippen molar-refractivity contribution in [2.24, 2.45) is 28.1 Å². The van der Waals surface area contributed by atoms with Crippen LogP contribution in [0.25, 0.3) is 0 Å². The summed E-state index contributed by atoms with van der Waals surface area (Å²) in [5.41, 5.74) is 16.1. The van der Waals surface area contributed by atoms with Crippen LogP contribution >= 0.6 is 0 Å². The SMILES string of the molecule is CCC(C)C(NC(=O)C(CCCN=C(N)N)NC(=O)C(N)C(C)O)C(=O)O. The largest absolute Gasteiger partial charge is 0.480 e. The summed E-state index contributed by atoms with van der Waals surface area (Å²) < 4.78 is 0. The minimum atomic E-state index is -1.22. The summed E-state index contributed by atoms with van der Waals surface area (Å²) in [5.74, 6) is -2.94. The Morgan fingerprint density at radius 1 is 1.11 bits per heavy atom. The summed E-state index contributed by atoms with van der Waals surface area (Å²) >= 11 is 0. The molecule has 0 saturated carbocycles. The average Bonchev–Trinajstić information content (AvgIpc) is 2.59.